The number of aliphatic hydroxyl groups excluding tert-OH is 1. The SMILES string of the molecule is O=C(O[C@H]1[C@H](OC(=O)c2ccccc2)[C@@H](CO)OC[C@@H]1OC(=O)c1ccccc1)c1ccccc1. The summed E-state index contributed by atoms with van der Waals surface area (Å²) in [5, 5.41) is 9.90. The van der Waals surface area contributed by atoms with Crippen LogP contribution in [0.3, 0.4) is 0 Å². The van der Waals surface area contributed by atoms with E-state index in [0.29, 0.717) is 5.56 Å². The van der Waals surface area contributed by atoms with Gasteiger partial charge in [0, 0.05) is 0 Å². The van der Waals surface area contributed by atoms with Gasteiger partial charge < -0.3 is 24.1 Å². The predicted molar refractivity (Wildman–Crippen MR) is 124 cm³/mol. The summed E-state index contributed by atoms with van der Waals surface area (Å²) in [4.78, 5) is 38.5. The lowest BCUT2D eigenvalue weighted by Crippen LogP contribution is -2.58. The number of benzene rings is 3. The minimum atomic E-state index is -1.23. The Kier molecular flexibility index (Phi) is 7.87. The molecule has 8 nitrogen and oxygen atoms in total. The average molecular weight is 476 g/mol. The van der Waals surface area contributed by atoms with Crippen LogP contribution in [0.25, 0.3) is 0 Å². The van der Waals surface area contributed by atoms with Crippen molar-refractivity contribution in [2.45, 2.75) is 24.4 Å². The van der Waals surface area contributed by atoms with Gasteiger partial charge in [0.15, 0.2) is 18.3 Å². The van der Waals surface area contributed by atoms with E-state index in [-0.39, 0.29) is 17.7 Å². The third kappa shape index (κ3) is 5.92. The van der Waals surface area contributed by atoms with Crippen molar-refractivity contribution < 1.29 is 38.4 Å². The van der Waals surface area contributed by atoms with E-state index in [1.165, 1.54) is 0 Å². The van der Waals surface area contributed by atoms with Gasteiger partial charge in [-0.15, -0.1) is 0 Å². The van der Waals surface area contributed by atoms with Gasteiger partial charge in [0.2, 0.25) is 0 Å². The Bertz CT molecular complexity index is 1130. The maximum absolute atomic E-state index is 12.9. The van der Waals surface area contributed by atoms with Gasteiger partial charge in [0.05, 0.1) is 29.9 Å². The van der Waals surface area contributed by atoms with Crippen LogP contribution in [0.5, 0.6) is 0 Å². The van der Waals surface area contributed by atoms with Gasteiger partial charge in [-0.25, -0.2) is 14.4 Å². The topological polar surface area (TPSA) is 108 Å². The van der Waals surface area contributed by atoms with Crippen molar-refractivity contribution >= 4 is 17.9 Å². The zero-order valence-corrected chi connectivity index (χ0v) is 18.7. The molecule has 1 fully saturated rings. The van der Waals surface area contributed by atoms with Crippen LogP contribution >= 0.6 is 0 Å². The van der Waals surface area contributed by atoms with E-state index < -0.39 is 48.9 Å². The molecule has 0 bridgehead atoms. The van der Waals surface area contributed by atoms with Crippen LogP contribution in [0.15, 0.2) is 91.0 Å². The molecule has 3 aromatic rings. The molecule has 1 N–H and O–H groups in total. The number of carbonyl (C=O) groups is 3. The molecule has 0 unspecified atom stereocenters. The van der Waals surface area contributed by atoms with Crippen molar-refractivity contribution in [1.29, 1.82) is 0 Å². The Hall–Kier alpha value is -4.01. The van der Waals surface area contributed by atoms with E-state index in [1.54, 1.807) is 91.0 Å². The zero-order valence-electron chi connectivity index (χ0n) is 18.7. The molecule has 4 rings (SSSR count). The maximum Gasteiger partial charge on any atom is 0.338 e. The summed E-state index contributed by atoms with van der Waals surface area (Å²) in [5.74, 6) is -2.06. The van der Waals surface area contributed by atoms with Crippen molar-refractivity contribution in [2.75, 3.05) is 13.2 Å². The summed E-state index contributed by atoms with van der Waals surface area (Å²) in [7, 11) is 0. The van der Waals surface area contributed by atoms with E-state index in [2.05, 4.69) is 0 Å². The smallest absolute Gasteiger partial charge is 0.338 e. The Balaban J connectivity index is 1.62. The molecule has 0 aromatic heterocycles. The molecular weight excluding hydrogens is 452 g/mol. The highest BCUT2D eigenvalue weighted by Crippen LogP contribution is 2.26. The number of esters is 3. The molecule has 0 aliphatic carbocycles. The van der Waals surface area contributed by atoms with Crippen LogP contribution in [-0.4, -0.2) is 60.6 Å². The number of ether oxygens (including phenoxy) is 4. The molecule has 4 atom stereocenters. The summed E-state index contributed by atoms with van der Waals surface area (Å²) in [5.41, 5.74) is 0.823. The van der Waals surface area contributed by atoms with Crippen LogP contribution in [0.1, 0.15) is 31.1 Å². The maximum atomic E-state index is 12.9. The molecule has 1 aliphatic rings. The lowest BCUT2D eigenvalue weighted by atomic mass is 9.99. The van der Waals surface area contributed by atoms with Crippen LogP contribution in [0, 0.1) is 0 Å². The van der Waals surface area contributed by atoms with Crippen molar-refractivity contribution in [2.24, 2.45) is 0 Å². The second kappa shape index (κ2) is 11.4. The lowest BCUT2D eigenvalue weighted by Gasteiger charge is -2.40. The fourth-order valence-corrected chi connectivity index (χ4v) is 3.69. The first-order valence-corrected chi connectivity index (χ1v) is 11.1. The highest BCUT2D eigenvalue weighted by atomic mass is 16.6. The van der Waals surface area contributed by atoms with Gasteiger partial charge in [0.25, 0.3) is 0 Å². The van der Waals surface area contributed by atoms with Crippen molar-refractivity contribution in [3.8, 4) is 0 Å². The highest BCUT2D eigenvalue weighted by molar-refractivity contribution is 5.91. The quantitative estimate of drug-likeness (QED) is 0.410. The molecule has 35 heavy (non-hydrogen) atoms. The second-order valence-electron chi connectivity index (χ2n) is 7.84. The zero-order chi connectivity index (χ0) is 24.6. The average Bonchev–Trinajstić information content (AvgIpc) is 2.91. The van der Waals surface area contributed by atoms with E-state index in [4.69, 9.17) is 18.9 Å². The van der Waals surface area contributed by atoms with E-state index >= 15 is 0 Å². The number of rotatable bonds is 7. The summed E-state index contributed by atoms with van der Waals surface area (Å²) in [6, 6.07) is 24.8. The predicted octanol–water partition coefficient (Wildman–Crippen LogP) is 3.05. The van der Waals surface area contributed by atoms with Crippen LogP contribution < -0.4 is 0 Å². The highest BCUT2D eigenvalue weighted by Gasteiger charge is 2.47. The largest absolute Gasteiger partial charge is 0.452 e. The molecule has 0 amide bonds. The monoisotopic (exact) mass is 476 g/mol. The van der Waals surface area contributed by atoms with Crippen molar-refractivity contribution in [3.63, 3.8) is 0 Å². The Morgan fingerprint density at radius 3 is 1.49 bits per heavy atom. The molecule has 8 heteroatoms. The standard InChI is InChI=1S/C27H24O8/c28-16-21-23(34-26(30)19-12-6-2-7-13-19)24(35-27(31)20-14-8-3-9-15-20)22(17-32-21)33-25(29)18-10-4-1-5-11-18/h1-15,21-24,28H,16-17H2/t21-,22+,23-,24-/m1/s1. The third-order valence-corrected chi connectivity index (χ3v) is 5.48. The summed E-state index contributed by atoms with van der Waals surface area (Å²) in [6.45, 7) is -0.679. The number of hydrogen-bond acceptors (Lipinski definition) is 8. The Morgan fingerprint density at radius 1 is 0.657 bits per heavy atom. The third-order valence-electron chi connectivity index (χ3n) is 5.48. The molecule has 0 spiro atoms. The van der Waals surface area contributed by atoms with Crippen molar-refractivity contribution in [1.82, 2.24) is 0 Å². The van der Waals surface area contributed by atoms with Gasteiger partial charge in [-0.05, 0) is 36.4 Å². The van der Waals surface area contributed by atoms with Gasteiger partial charge in [-0.2, -0.15) is 0 Å². The minimum Gasteiger partial charge on any atom is -0.452 e. The summed E-state index contributed by atoms with van der Waals surface area (Å²) >= 11 is 0. The molecule has 0 saturated carbocycles. The van der Waals surface area contributed by atoms with E-state index in [0.717, 1.165) is 0 Å². The lowest BCUT2D eigenvalue weighted by molar-refractivity contribution is -0.197. The molecule has 0 radical (unpaired) electrons. The summed E-state index contributed by atoms with van der Waals surface area (Å²) in [6.07, 6.45) is -4.55. The van der Waals surface area contributed by atoms with Gasteiger partial charge in [-0.3, -0.25) is 0 Å². The summed E-state index contributed by atoms with van der Waals surface area (Å²) < 4.78 is 22.6. The first-order chi connectivity index (χ1) is 17.1. The van der Waals surface area contributed by atoms with E-state index in [1.807, 2.05) is 0 Å². The Morgan fingerprint density at radius 2 is 1.06 bits per heavy atom. The van der Waals surface area contributed by atoms with Gasteiger partial charge in [-0.1, -0.05) is 54.6 Å². The van der Waals surface area contributed by atoms with Crippen LogP contribution in [0.4, 0.5) is 0 Å². The molecule has 3 aromatic carbocycles. The first kappa shape index (κ1) is 24.1. The number of carbonyl (C=O) groups excluding carboxylic acids is 3. The molecule has 1 aliphatic heterocycles. The molecular formula is C27H24O8. The molecule has 1 saturated heterocycles. The number of aliphatic hydroxyl groups is 1. The second-order valence-corrected chi connectivity index (χ2v) is 7.84. The van der Waals surface area contributed by atoms with Crippen LogP contribution in [-0.2, 0) is 18.9 Å². The minimum absolute atomic E-state index is 0.171. The fraction of sp³-hybridized carbons (Fsp3) is 0.222. The number of hydrogen-bond donors (Lipinski definition) is 1. The van der Waals surface area contributed by atoms with Gasteiger partial charge >= 0.3 is 17.9 Å². The van der Waals surface area contributed by atoms with Gasteiger partial charge in [0.1, 0.15) is 6.10 Å². The Labute approximate surface area is 202 Å². The van der Waals surface area contributed by atoms with E-state index in [9.17, 15) is 19.5 Å². The molecule has 1 heterocycles. The van der Waals surface area contributed by atoms with Crippen LogP contribution in [0.2, 0.25) is 0 Å². The molecule has 180 valence electrons. The fourth-order valence-electron chi connectivity index (χ4n) is 3.69. The normalized spacial score (nSPS) is 21.5. The van der Waals surface area contributed by atoms with Crippen molar-refractivity contribution in [3.05, 3.63) is 108 Å². The first-order valence-electron chi connectivity index (χ1n) is 11.1.